The molecule has 1 N–H and O–H groups in total. The number of carbonyl (C=O) groups excluding carboxylic acids is 1. The van der Waals surface area contributed by atoms with Crippen LogP contribution in [0.5, 0.6) is 5.88 Å². The number of ether oxygens (including phenoxy) is 1. The van der Waals surface area contributed by atoms with E-state index in [1.165, 1.54) is 0 Å². The summed E-state index contributed by atoms with van der Waals surface area (Å²) in [5, 5.41) is 20.3. The van der Waals surface area contributed by atoms with E-state index < -0.39 is 6.23 Å². The van der Waals surface area contributed by atoms with Gasteiger partial charge in [0.15, 0.2) is 0 Å². The van der Waals surface area contributed by atoms with Gasteiger partial charge in [-0.3, -0.25) is 9.80 Å². The van der Waals surface area contributed by atoms with Crippen LogP contribution < -0.4 is 9.64 Å². The normalized spacial score (nSPS) is 24.4. The van der Waals surface area contributed by atoms with E-state index >= 15 is 0 Å². The number of urea groups is 1. The van der Waals surface area contributed by atoms with Gasteiger partial charge < -0.3 is 9.84 Å². The number of hydrogen-bond acceptors (Lipinski definition) is 5. The molecule has 0 bridgehead atoms. The van der Waals surface area contributed by atoms with Gasteiger partial charge in [0.25, 0.3) is 0 Å². The first-order chi connectivity index (χ1) is 14.1. The largest absolute Gasteiger partial charge is 0.473 e. The molecule has 4 rings (SSSR count). The van der Waals surface area contributed by atoms with Gasteiger partial charge in [0.05, 0.1) is 6.54 Å². The molecule has 1 unspecified atom stereocenters. The summed E-state index contributed by atoms with van der Waals surface area (Å²) in [6.45, 7) is 0.217. The molecule has 1 saturated heterocycles. The fraction of sp³-hybridized carbons (Fsp3) is 0.381. The molecule has 2 aromatic rings. The lowest BCUT2D eigenvalue weighted by Gasteiger charge is -2.35. The van der Waals surface area contributed by atoms with Crippen molar-refractivity contribution >= 4 is 23.3 Å². The van der Waals surface area contributed by atoms with Gasteiger partial charge in [-0.05, 0) is 56.0 Å². The van der Waals surface area contributed by atoms with E-state index in [0.717, 1.165) is 12.8 Å². The highest BCUT2D eigenvalue weighted by Crippen LogP contribution is 2.33. The number of carbonyl (C=O) groups is 1. The van der Waals surface area contributed by atoms with Crippen LogP contribution in [-0.4, -0.2) is 45.9 Å². The molecular weight excluding hydrogens is 392 g/mol. The fourth-order valence-corrected chi connectivity index (χ4v) is 4.21. The number of aromatic nitrogens is 1. The summed E-state index contributed by atoms with van der Waals surface area (Å²) >= 11 is 6.04. The lowest BCUT2D eigenvalue weighted by atomic mass is 9.92. The fourth-order valence-electron chi connectivity index (χ4n) is 4.02. The van der Waals surface area contributed by atoms with Crippen LogP contribution in [0, 0.1) is 11.3 Å². The Hall–Kier alpha value is -2.82. The lowest BCUT2D eigenvalue weighted by molar-refractivity contribution is 0.0139. The monoisotopic (exact) mass is 412 g/mol. The molecule has 1 saturated carbocycles. The maximum Gasteiger partial charge on any atom is 0.327 e. The number of aliphatic hydroxyl groups is 1. The van der Waals surface area contributed by atoms with Crippen LogP contribution in [0.4, 0.5) is 10.5 Å². The summed E-state index contributed by atoms with van der Waals surface area (Å²) in [6, 6.07) is 12.3. The average molecular weight is 413 g/mol. The molecule has 2 aliphatic rings. The van der Waals surface area contributed by atoms with Crippen molar-refractivity contribution < 1.29 is 14.6 Å². The van der Waals surface area contributed by atoms with Gasteiger partial charge in [0, 0.05) is 22.9 Å². The Morgan fingerprint density at radius 2 is 2.00 bits per heavy atom. The minimum absolute atomic E-state index is 0.0549. The highest BCUT2D eigenvalue weighted by Gasteiger charge is 2.42. The number of amides is 2. The van der Waals surface area contributed by atoms with Gasteiger partial charge in [-0.2, -0.15) is 5.26 Å². The van der Waals surface area contributed by atoms with Gasteiger partial charge in [0.2, 0.25) is 5.88 Å². The molecule has 2 amide bonds. The number of hydrogen-bond donors (Lipinski definition) is 1. The SMILES string of the molecule is N#Cc1cccnc1OC1CCC(N2C(=O)N(c3cccc(Cl)c3)CC2O)CC1. The van der Waals surface area contributed by atoms with Crippen molar-refractivity contribution in [3.8, 4) is 11.9 Å². The topological polar surface area (TPSA) is 89.7 Å². The Labute approximate surface area is 174 Å². The van der Waals surface area contributed by atoms with Crippen LogP contribution in [-0.2, 0) is 0 Å². The third kappa shape index (κ3) is 4.00. The first-order valence-corrected chi connectivity index (χ1v) is 10.00. The highest BCUT2D eigenvalue weighted by atomic mass is 35.5. The van der Waals surface area contributed by atoms with Gasteiger partial charge in [-0.15, -0.1) is 0 Å². The van der Waals surface area contributed by atoms with Crippen LogP contribution in [0.15, 0.2) is 42.6 Å². The number of rotatable bonds is 4. The highest BCUT2D eigenvalue weighted by molar-refractivity contribution is 6.30. The van der Waals surface area contributed by atoms with Crippen molar-refractivity contribution in [2.24, 2.45) is 0 Å². The smallest absolute Gasteiger partial charge is 0.327 e. The van der Waals surface area contributed by atoms with E-state index in [4.69, 9.17) is 16.3 Å². The summed E-state index contributed by atoms with van der Waals surface area (Å²) in [6.07, 6.45) is 3.55. The Morgan fingerprint density at radius 1 is 1.21 bits per heavy atom. The first kappa shape index (κ1) is 19.5. The molecule has 8 heteroatoms. The maximum absolute atomic E-state index is 13.0. The summed E-state index contributed by atoms with van der Waals surface area (Å²) in [5.74, 6) is 0.350. The van der Waals surface area contributed by atoms with Gasteiger partial charge in [-0.1, -0.05) is 17.7 Å². The zero-order valence-electron chi connectivity index (χ0n) is 15.7. The number of nitrogens with zero attached hydrogens (tertiary/aromatic N) is 4. The molecule has 0 spiro atoms. The van der Waals surface area contributed by atoms with Gasteiger partial charge in [0.1, 0.15) is 24.0 Å². The molecule has 1 aliphatic heterocycles. The van der Waals surface area contributed by atoms with Gasteiger partial charge >= 0.3 is 6.03 Å². The quantitative estimate of drug-likeness (QED) is 0.829. The maximum atomic E-state index is 13.0. The second-order valence-electron chi connectivity index (χ2n) is 7.28. The van der Waals surface area contributed by atoms with E-state index in [2.05, 4.69) is 11.1 Å². The minimum Gasteiger partial charge on any atom is -0.473 e. The van der Waals surface area contributed by atoms with Crippen LogP contribution in [0.1, 0.15) is 31.2 Å². The second-order valence-corrected chi connectivity index (χ2v) is 7.71. The van der Waals surface area contributed by atoms with E-state index in [1.807, 2.05) is 6.07 Å². The predicted molar refractivity (Wildman–Crippen MR) is 108 cm³/mol. The van der Waals surface area contributed by atoms with Crippen molar-refractivity contribution in [2.45, 2.75) is 44.1 Å². The number of halogens is 1. The summed E-state index contributed by atoms with van der Waals surface area (Å²) in [4.78, 5) is 20.2. The molecule has 1 aromatic carbocycles. The second kappa shape index (κ2) is 8.27. The minimum atomic E-state index is -0.857. The molecule has 150 valence electrons. The van der Waals surface area contributed by atoms with Crippen molar-refractivity contribution in [1.29, 1.82) is 5.26 Å². The van der Waals surface area contributed by atoms with E-state index in [1.54, 1.807) is 46.3 Å². The Balaban J connectivity index is 1.39. The van der Waals surface area contributed by atoms with E-state index in [0.29, 0.717) is 35.0 Å². The molecule has 29 heavy (non-hydrogen) atoms. The molecule has 1 aliphatic carbocycles. The van der Waals surface area contributed by atoms with Crippen molar-refractivity contribution in [2.75, 3.05) is 11.4 Å². The molecular formula is C21H21ClN4O3. The van der Waals surface area contributed by atoms with Crippen LogP contribution in [0.2, 0.25) is 5.02 Å². The number of anilines is 1. The number of nitriles is 1. The summed E-state index contributed by atoms with van der Waals surface area (Å²) in [7, 11) is 0. The zero-order valence-corrected chi connectivity index (χ0v) is 16.5. The Bertz CT molecular complexity index is 940. The first-order valence-electron chi connectivity index (χ1n) is 9.62. The third-order valence-corrected chi connectivity index (χ3v) is 5.68. The van der Waals surface area contributed by atoms with Crippen LogP contribution in [0.3, 0.4) is 0 Å². The van der Waals surface area contributed by atoms with Crippen LogP contribution in [0.25, 0.3) is 0 Å². The number of β-amino-alcohol motifs (C(OH)–C–C–N with tert-alkyl or cyclic N) is 1. The van der Waals surface area contributed by atoms with Crippen molar-refractivity contribution in [3.05, 3.63) is 53.2 Å². The number of benzene rings is 1. The molecule has 2 heterocycles. The third-order valence-electron chi connectivity index (χ3n) is 5.45. The standard InChI is InChI=1S/C21H21ClN4O3/c22-15-4-1-5-17(11-15)25-13-19(27)26(21(25)28)16-6-8-18(9-7-16)29-20-14(12-23)3-2-10-24-20/h1-5,10-11,16,18-19,27H,6-9,13H2. The molecule has 7 nitrogen and oxygen atoms in total. The predicted octanol–water partition coefficient (Wildman–Crippen LogP) is 3.56. The molecule has 2 fully saturated rings. The molecule has 1 atom stereocenters. The van der Waals surface area contributed by atoms with Gasteiger partial charge in [-0.25, -0.2) is 9.78 Å². The zero-order chi connectivity index (χ0) is 20.4. The van der Waals surface area contributed by atoms with Crippen molar-refractivity contribution in [3.63, 3.8) is 0 Å². The lowest BCUT2D eigenvalue weighted by Crippen LogP contribution is -2.46. The van der Waals surface area contributed by atoms with Crippen LogP contribution >= 0.6 is 11.6 Å². The summed E-state index contributed by atoms with van der Waals surface area (Å²) in [5.41, 5.74) is 1.09. The number of pyridine rings is 1. The number of aliphatic hydroxyl groups excluding tert-OH is 1. The Kier molecular flexibility index (Phi) is 5.56. The van der Waals surface area contributed by atoms with Crippen molar-refractivity contribution in [1.82, 2.24) is 9.88 Å². The van der Waals surface area contributed by atoms with E-state index in [-0.39, 0.29) is 24.7 Å². The summed E-state index contributed by atoms with van der Waals surface area (Å²) < 4.78 is 5.92. The average Bonchev–Trinajstić information content (AvgIpc) is 3.03. The molecule has 0 radical (unpaired) electrons. The Morgan fingerprint density at radius 3 is 2.72 bits per heavy atom. The van der Waals surface area contributed by atoms with E-state index in [9.17, 15) is 15.2 Å². The molecule has 1 aromatic heterocycles.